The molecule has 3 heterocycles. The van der Waals surface area contributed by atoms with E-state index in [0.717, 1.165) is 6.07 Å². The zero-order chi connectivity index (χ0) is 23.3. The number of carbonyl (C=O) groups excluding carboxylic acids is 2. The molecule has 2 aromatic rings. The molecule has 2 aromatic carbocycles. The number of benzene rings is 2. The number of nitrogens with zero attached hydrogens (tertiary/aromatic N) is 2. The first-order valence-corrected chi connectivity index (χ1v) is 10.8. The van der Waals surface area contributed by atoms with Crippen molar-refractivity contribution in [1.29, 1.82) is 0 Å². The summed E-state index contributed by atoms with van der Waals surface area (Å²) in [6.07, 6.45) is 6.58. The number of carbonyl (C=O) groups is 2. The van der Waals surface area contributed by atoms with Gasteiger partial charge in [0, 0.05) is 37.6 Å². The van der Waals surface area contributed by atoms with E-state index < -0.39 is 35.3 Å². The zero-order valence-corrected chi connectivity index (χ0v) is 17.7. The van der Waals surface area contributed by atoms with Gasteiger partial charge in [-0.05, 0) is 48.7 Å². The number of rotatable bonds is 2. The summed E-state index contributed by atoms with van der Waals surface area (Å²) in [5, 5.41) is 0. The molecule has 33 heavy (non-hydrogen) atoms. The summed E-state index contributed by atoms with van der Waals surface area (Å²) < 4.78 is 47.4. The van der Waals surface area contributed by atoms with Crippen molar-refractivity contribution >= 4 is 11.8 Å². The molecule has 1 spiro atoms. The van der Waals surface area contributed by atoms with Crippen molar-refractivity contribution in [1.82, 2.24) is 9.80 Å². The average Bonchev–Trinajstić information content (AvgIpc) is 3.31. The minimum absolute atomic E-state index is 0.0177. The van der Waals surface area contributed by atoms with Crippen molar-refractivity contribution in [2.24, 2.45) is 0 Å². The van der Waals surface area contributed by atoms with E-state index in [-0.39, 0.29) is 36.0 Å². The van der Waals surface area contributed by atoms with Crippen LogP contribution in [-0.4, -0.2) is 46.5 Å². The van der Waals surface area contributed by atoms with Crippen LogP contribution in [0.5, 0.6) is 0 Å². The molecule has 3 aliphatic heterocycles. The Morgan fingerprint density at radius 1 is 1.06 bits per heavy atom. The highest BCUT2D eigenvalue weighted by Crippen LogP contribution is 2.47. The van der Waals surface area contributed by atoms with Crippen LogP contribution in [0.4, 0.5) is 13.2 Å². The van der Waals surface area contributed by atoms with E-state index >= 15 is 0 Å². The summed E-state index contributed by atoms with van der Waals surface area (Å²) in [5.74, 6) is -0.206. The molecule has 0 N–H and O–H groups in total. The van der Waals surface area contributed by atoms with Gasteiger partial charge in [-0.3, -0.25) is 9.59 Å². The fourth-order valence-electron chi connectivity index (χ4n) is 5.16. The van der Waals surface area contributed by atoms with Crippen LogP contribution < -0.4 is 0 Å². The Hall–Kier alpha value is -3.31. The maximum absolute atomic E-state index is 13.8. The molecular weight excluding hydrogens is 433 g/mol. The van der Waals surface area contributed by atoms with Crippen LogP contribution in [0.3, 0.4) is 0 Å². The van der Waals surface area contributed by atoms with Gasteiger partial charge in [0.1, 0.15) is 23.7 Å². The number of hydrogen-bond donors (Lipinski definition) is 0. The smallest absolute Gasteiger partial charge is 0.257 e. The third kappa shape index (κ3) is 3.57. The number of amides is 2. The van der Waals surface area contributed by atoms with E-state index in [9.17, 15) is 22.8 Å². The summed E-state index contributed by atoms with van der Waals surface area (Å²) in [4.78, 5) is 29.5. The lowest BCUT2D eigenvalue weighted by Gasteiger charge is -2.37. The van der Waals surface area contributed by atoms with Crippen molar-refractivity contribution < 1.29 is 27.5 Å². The molecule has 3 saturated heterocycles. The first-order chi connectivity index (χ1) is 15.8. The molecule has 0 unspecified atom stereocenters. The molecule has 8 heteroatoms. The number of terminal acetylenes is 1. The maximum Gasteiger partial charge on any atom is 0.257 e. The van der Waals surface area contributed by atoms with Crippen LogP contribution in [0.2, 0.25) is 0 Å². The second-order valence-corrected chi connectivity index (χ2v) is 8.71. The fourth-order valence-corrected chi connectivity index (χ4v) is 5.16. The van der Waals surface area contributed by atoms with Crippen molar-refractivity contribution in [2.75, 3.05) is 13.1 Å². The quantitative estimate of drug-likeness (QED) is 0.649. The predicted molar refractivity (Wildman–Crippen MR) is 112 cm³/mol. The van der Waals surface area contributed by atoms with Crippen LogP contribution >= 0.6 is 0 Å². The Bertz CT molecular complexity index is 1160. The first-order valence-electron chi connectivity index (χ1n) is 10.8. The predicted octanol–water partition coefficient (Wildman–Crippen LogP) is 3.78. The molecule has 2 atom stereocenters. The molecule has 0 bridgehead atoms. The number of ether oxygens (including phenoxy) is 1. The minimum atomic E-state index is -1.06. The van der Waals surface area contributed by atoms with Crippen molar-refractivity contribution in [3.8, 4) is 12.3 Å². The van der Waals surface area contributed by atoms with E-state index in [0.29, 0.717) is 31.2 Å². The van der Waals surface area contributed by atoms with Crippen LogP contribution in [-0.2, 0) is 9.53 Å². The summed E-state index contributed by atoms with van der Waals surface area (Å²) >= 11 is 0. The third-order valence-corrected chi connectivity index (χ3v) is 6.82. The van der Waals surface area contributed by atoms with Gasteiger partial charge in [-0.15, -0.1) is 6.42 Å². The van der Waals surface area contributed by atoms with Crippen LogP contribution in [0.25, 0.3) is 0 Å². The monoisotopic (exact) mass is 454 g/mol. The molecule has 0 aliphatic carbocycles. The van der Waals surface area contributed by atoms with Gasteiger partial charge in [0.05, 0.1) is 11.6 Å². The van der Waals surface area contributed by atoms with E-state index in [1.54, 1.807) is 9.80 Å². The molecule has 0 aromatic heterocycles. The normalized spacial score (nSPS) is 23.6. The summed E-state index contributed by atoms with van der Waals surface area (Å²) in [7, 11) is 0. The minimum Gasteiger partial charge on any atom is -0.342 e. The topological polar surface area (TPSA) is 49.9 Å². The molecule has 2 amide bonds. The summed E-state index contributed by atoms with van der Waals surface area (Å²) in [6.45, 7) is 0.570. The Labute approximate surface area is 189 Å². The zero-order valence-electron chi connectivity index (χ0n) is 17.7. The van der Waals surface area contributed by atoms with E-state index in [1.807, 2.05) is 0 Å². The van der Waals surface area contributed by atoms with Gasteiger partial charge in [0.2, 0.25) is 0 Å². The third-order valence-electron chi connectivity index (χ3n) is 6.82. The molecule has 3 fully saturated rings. The van der Waals surface area contributed by atoms with Crippen molar-refractivity contribution in [3.63, 3.8) is 0 Å². The average molecular weight is 454 g/mol. The Balaban J connectivity index is 1.31. The standard InChI is InChI=1S/C25H21F3N2O3/c1-2-15-11-16(3-4-20(15)28)23(31)29-9-7-25(8-10-29)24(32)30-21(5-6-22(30)33-25)17-12-18(26)14-19(27)13-17/h1,3-4,11-14,21-22H,5-10H2/t21-,22+/m0/s1. The molecule has 0 radical (unpaired) electrons. The highest BCUT2D eigenvalue weighted by molar-refractivity contribution is 5.95. The van der Waals surface area contributed by atoms with Crippen molar-refractivity contribution in [2.45, 2.75) is 43.6 Å². The molecule has 5 rings (SSSR count). The lowest BCUT2D eigenvalue weighted by molar-refractivity contribution is -0.142. The van der Waals surface area contributed by atoms with E-state index in [2.05, 4.69) is 5.92 Å². The van der Waals surface area contributed by atoms with Gasteiger partial charge in [0.15, 0.2) is 5.60 Å². The molecule has 5 nitrogen and oxygen atoms in total. The van der Waals surface area contributed by atoms with Crippen molar-refractivity contribution in [3.05, 3.63) is 70.5 Å². The number of hydrogen-bond acceptors (Lipinski definition) is 3. The number of fused-ring (bicyclic) bond motifs is 1. The summed E-state index contributed by atoms with van der Waals surface area (Å²) in [6, 6.07) is 6.76. The Morgan fingerprint density at radius 3 is 2.42 bits per heavy atom. The lowest BCUT2D eigenvalue weighted by atomic mass is 9.89. The molecule has 0 saturated carbocycles. The van der Waals surface area contributed by atoms with Gasteiger partial charge in [-0.2, -0.15) is 0 Å². The lowest BCUT2D eigenvalue weighted by Crippen LogP contribution is -2.51. The highest BCUT2D eigenvalue weighted by atomic mass is 19.1. The molecule has 170 valence electrons. The van der Waals surface area contributed by atoms with Gasteiger partial charge in [-0.1, -0.05) is 5.92 Å². The number of likely N-dealkylation sites (tertiary alicyclic amines) is 1. The number of piperidine rings is 1. The van der Waals surface area contributed by atoms with E-state index in [4.69, 9.17) is 11.2 Å². The van der Waals surface area contributed by atoms with Gasteiger partial charge in [-0.25, -0.2) is 13.2 Å². The van der Waals surface area contributed by atoms with Crippen LogP contribution in [0.15, 0.2) is 36.4 Å². The second-order valence-electron chi connectivity index (χ2n) is 8.71. The first kappa shape index (κ1) is 21.5. The largest absolute Gasteiger partial charge is 0.342 e. The molecular formula is C25H21F3N2O3. The fraction of sp³-hybridized carbons (Fsp3) is 0.360. The SMILES string of the molecule is C#Cc1cc(C(=O)N2CCC3(CC2)O[C@@H]2CC[C@@H](c4cc(F)cc(F)c4)N2C3=O)ccc1F. The second kappa shape index (κ2) is 7.92. The van der Waals surface area contributed by atoms with Gasteiger partial charge >= 0.3 is 0 Å². The van der Waals surface area contributed by atoms with Crippen LogP contribution in [0.1, 0.15) is 53.2 Å². The van der Waals surface area contributed by atoms with E-state index in [1.165, 1.54) is 30.3 Å². The number of halogens is 3. The Kier molecular flexibility index (Phi) is 5.17. The van der Waals surface area contributed by atoms with Gasteiger partial charge < -0.3 is 14.5 Å². The molecule has 3 aliphatic rings. The van der Waals surface area contributed by atoms with Crippen LogP contribution in [0, 0.1) is 29.8 Å². The maximum atomic E-state index is 13.8. The van der Waals surface area contributed by atoms with Gasteiger partial charge in [0.25, 0.3) is 11.8 Å². The Morgan fingerprint density at radius 2 is 1.76 bits per heavy atom. The summed E-state index contributed by atoms with van der Waals surface area (Å²) in [5.41, 5.74) is -0.340. The highest BCUT2D eigenvalue weighted by Gasteiger charge is 2.58.